The van der Waals surface area contributed by atoms with Crippen molar-refractivity contribution in [2.24, 2.45) is 0 Å². The molecule has 120 valence electrons. The van der Waals surface area contributed by atoms with Crippen molar-refractivity contribution < 1.29 is 9.72 Å². The first kappa shape index (κ1) is 16.9. The smallest absolute Gasteiger partial charge is 0.284 e. The third-order valence-corrected chi connectivity index (χ3v) is 4.00. The van der Waals surface area contributed by atoms with Gasteiger partial charge >= 0.3 is 0 Å². The van der Waals surface area contributed by atoms with Gasteiger partial charge in [0.1, 0.15) is 0 Å². The summed E-state index contributed by atoms with van der Waals surface area (Å²) >= 11 is 3.06. The molecule has 0 spiro atoms. The molecule has 1 aromatic carbocycles. The predicted octanol–water partition coefficient (Wildman–Crippen LogP) is 2.59. The topological polar surface area (TPSA) is 105 Å². The van der Waals surface area contributed by atoms with Crippen LogP contribution < -0.4 is 10.9 Å². The number of amides is 1. The number of nitrogens with one attached hydrogen (secondary N) is 2. The van der Waals surface area contributed by atoms with Gasteiger partial charge in [0.05, 0.1) is 9.40 Å². The number of nitrogens with zero attached hydrogens (tertiary/aromatic N) is 1. The van der Waals surface area contributed by atoms with Crippen molar-refractivity contribution >= 4 is 27.5 Å². The molecule has 0 saturated heterocycles. The summed E-state index contributed by atoms with van der Waals surface area (Å²) in [5.41, 5.74) is 1.67. The van der Waals surface area contributed by atoms with E-state index >= 15 is 0 Å². The number of H-pyrrole nitrogens is 1. The van der Waals surface area contributed by atoms with Crippen molar-refractivity contribution in [2.45, 2.75) is 20.4 Å². The lowest BCUT2D eigenvalue weighted by molar-refractivity contribution is -0.385. The average Bonchev–Trinajstić information content (AvgIpc) is 2.45. The number of halogens is 1. The Morgan fingerprint density at radius 2 is 2.04 bits per heavy atom. The van der Waals surface area contributed by atoms with Gasteiger partial charge in [-0.2, -0.15) is 0 Å². The van der Waals surface area contributed by atoms with Gasteiger partial charge in [-0.05, 0) is 53.5 Å². The van der Waals surface area contributed by atoms with E-state index in [2.05, 4.69) is 26.2 Å². The molecule has 0 fully saturated rings. The van der Waals surface area contributed by atoms with Gasteiger partial charge in [-0.3, -0.25) is 19.7 Å². The van der Waals surface area contributed by atoms with Crippen LogP contribution in [0.2, 0.25) is 0 Å². The van der Waals surface area contributed by atoms with Crippen molar-refractivity contribution in [2.75, 3.05) is 0 Å². The molecule has 0 aliphatic carbocycles. The molecule has 7 nitrogen and oxygen atoms in total. The Hall–Kier alpha value is -2.48. The number of nitro groups is 1. The zero-order valence-corrected chi connectivity index (χ0v) is 14.1. The average molecular weight is 380 g/mol. The minimum atomic E-state index is -0.574. The second kappa shape index (κ2) is 6.74. The van der Waals surface area contributed by atoms with Crippen LogP contribution in [0.15, 0.2) is 33.5 Å². The molecule has 1 aromatic heterocycles. The Labute approximate surface area is 140 Å². The molecule has 0 bridgehead atoms. The number of hydrogen-bond donors (Lipinski definition) is 2. The zero-order chi connectivity index (χ0) is 17.1. The third-order valence-electron chi connectivity index (χ3n) is 3.32. The molecule has 0 aliphatic heterocycles. The lowest BCUT2D eigenvalue weighted by Crippen LogP contribution is -2.28. The van der Waals surface area contributed by atoms with E-state index in [9.17, 15) is 19.7 Å². The SMILES string of the molecule is Cc1cc(C)c(CNC(=O)c2ccc(Br)c([N+](=O)[O-])c2)c(=O)[nH]1. The fourth-order valence-corrected chi connectivity index (χ4v) is 2.56. The number of aromatic nitrogens is 1. The van der Waals surface area contributed by atoms with Crippen LogP contribution in [0.25, 0.3) is 0 Å². The summed E-state index contributed by atoms with van der Waals surface area (Å²) in [6.45, 7) is 3.61. The van der Waals surface area contributed by atoms with Crippen molar-refractivity contribution in [3.63, 3.8) is 0 Å². The number of carbonyl (C=O) groups is 1. The maximum Gasteiger partial charge on any atom is 0.284 e. The largest absolute Gasteiger partial charge is 0.348 e. The molecular weight excluding hydrogens is 366 g/mol. The summed E-state index contributed by atoms with van der Waals surface area (Å²) in [5.74, 6) is -0.486. The molecule has 2 aromatic rings. The van der Waals surface area contributed by atoms with Gasteiger partial charge in [0, 0.05) is 29.4 Å². The van der Waals surface area contributed by atoms with Gasteiger partial charge in [-0.15, -0.1) is 0 Å². The van der Waals surface area contributed by atoms with E-state index in [0.717, 1.165) is 11.3 Å². The van der Waals surface area contributed by atoms with Crippen molar-refractivity contribution in [1.29, 1.82) is 0 Å². The predicted molar refractivity (Wildman–Crippen MR) is 88.5 cm³/mol. The fourth-order valence-electron chi connectivity index (χ4n) is 2.17. The van der Waals surface area contributed by atoms with E-state index in [1.165, 1.54) is 18.2 Å². The number of nitro benzene ring substituents is 1. The van der Waals surface area contributed by atoms with Crippen LogP contribution in [0, 0.1) is 24.0 Å². The Morgan fingerprint density at radius 1 is 1.35 bits per heavy atom. The molecule has 0 aliphatic rings. The summed E-state index contributed by atoms with van der Waals surface area (Å²) in [7, 11) is 0. The van der Waals surface area contributed by atoms with Gasteiger partial charge in [0.15, 0.2) is 0 Å². The van der Waals surface area contributed by atoms with E-state index < -0.39 is 10.8 Å². The summed E-state index contributed by atoms with van der Waals surface area (Å²) in [6, 6.07) is 5.91. The summed E-state index contributed by atoms with van der Waals surface area (Å²) in [5, 5.41) is 13.5. The molecule has 23 heavy (non-hydrogen) atoms. The van der Waals surface area contributed by atoms with E-state index in [-0.39, 0.29) is 23.4 Å². The molecule has 0 radical (unpaired) electrons. The number of benzene rings is 1. The minimum Gasteiger partial charge on any atom is -0.348 e. The highest BCUT2D eigenvalue weighted by Crippen LogP contribution is 2.25. The third kappa shape index (κ3) is 3.84. The molecule has 0 unspecified atom stereocenters. The summed E-state index contributed by atoms with van der Waals surface area (Å²) < 4.78 is 0.296. The van der Waals surface area contributed by atoms with Crippen molar-refractivity contribution in [1.82, 2.24) is 10.3 Å². The van der Waals surface area contributed by atoms with E-state index in [4.69, 9.17) is 0 Å². The van der Waals surface area contributed by atoms with Gasteiger partial charge in [-0.25, -0.2) is 0 Å². The molecule has 2 rings (SSSR count). The Balaban J connectivity index is 2.19. The van der Waals surface area contributed by atoms with Gasteiger partial charge < -0.3 is 10.3 Å². The highest BCUT2D eigenvalue weighted by molar-refractivity contribution is 9.10. The second-order valence-electron chi connectivity index (χ2n) is 5.05. The highest BCUT2D eigenvalue weighted by atomic mass is 79.9. The Kier molecular flexibility index (Phi) is 4.95. The number of carbonyl (C=O) groups excluding carboxylic acids is 1. The van der Waals surface area contributed by atoms with E-state index in [1.54, 1.807) is 13.8 Å². The van der Waals surface area contributed by atoms with Crippen LogP contribution in [0.4, 0.5) is 5.69 Å². The van der Waals surface area contributed by atoms with Gasteiger partial charge in [0.25, 0.3) is 17.2 Å². The Morgan fingerprint density at radius 3 is 2.65 bits per heavy atom. The number of aryl methyl sites for hydroxylation is 2. The standard InChI is InChI=1S/C15H14BrN3O4/c1-8-5-9(2)18-15(21)11(8)7-17-14(20)10-3-4-12(16)13(6-10)19(22)23/h3-6H,7H2,1-2H3,(H,17,20)(H,18,21). The summed E-state index contributed by atoms with van der Waals surface area (Å²) in [6.07, 6.45) is 0. The first-order valence-corrected chi connectivity index (χ1v) is 7.50. The quantitative estimate of drug-likeness (QED) is 0.628. The normalized spacial score (nSPS) is 10.4. The molecule has 0 saturated carbocycles. The van der Waals surface area contributed by atoms with Crippen LogP contribution in [0.5, 0.6) is 0 Å². The van der Waals surface area contributed by atoms with Gasteiger partial charge in [-0.1, -0.05) is 0 Å². The maximum atomic E-state index is 12.1. The molecule has 0 atom stereocenters. The van der Waals surface area contributed by atoms with E-state index in [1.807, 2.05) is 6.07 Å². The fraction of sp³-hybridized carbons (Fsp3) is 0.200. The van der Waals surface area contributed by atoms with Crippen LogP contribution in [-0.4, -0.2) is 15.8 Å². The van der Waals surface area contributed by atoms with Crippen molar-refractivity contribution in [3.8, 4) is 0 Å². The lowest BCUT2D eigenvalue weighted by atomic mass is 10.1. The number of aromatic amines is 1. The van der Waals surface area contributed by atoms with Crippen LogP contribution >= 0.6 is 15.9 Å². The zero-order valence-electron chi connectivity index (χ0n) is 12.5. The number of hydrogen-bond acceptors (Lipinski definition) is 4. The summed E-state index contributed by atoms with van der Waals surface area (Å²) in [4.78, 5) is 37.0. The molecular formula is C15H14BrN3O4. The van der Waals surface area contributed by atoms with Crippen LogP contribution in [0.1, 0.15) is 27.2 Å². The first-order chi connectivity index (χ1) is 10.8. The first-order valence-electron chi connectivity index (χ1n) is 6.71. The number of pyridine rings is 1. The van der Waals surface area contributed by atoms with Crippen molar-refractivity contribution in [3.05, 3.63) is 71.6 Å². The lowest BCUT2D eigenvalue weighted by Gasteiger charge is -2.08. The molecule has 2 N–H and O–H groups in total. The molecule has 8 heteroatoms. The van der Waals surface area contributed by atoms with Crippen LogP contribution in [0.3, 0.4) is 0 Å². The van der Waals surface area contributed by atoms with Crippen LogP contribution in [-0.2, 0) is 6.54 Å². The minimum absolute atomic E-state index is 0.0458. The molecule has 1 amide bonds. The maximum absolute atomic E-state index is 12.1. The number of rotatable bonds is 4. The monoisotopic (exact) mass is 379 g/mol. The second-order valence-corrected chi connectivity index (χ2v) is 5.90. The highest BCUT2D eigenvalue weighted by Gasteiger charge is 2.16. The molecule has 1 heterocycles. The van der Waals surface area contributed by atoms with Gasteiger partial charge in [0.2, 0.25) is 0 Å². The Bertz CT molecular complexity index is 845. The van der Waals surface area contributed by atoms with E-state index in [0.29, 0.717) is 10.0 Å².